The minimum absolute atomic E-state index is 0.0130. The second kappa shape index (κ2) is 19.7. The number of ketones is 1. The second-order valence-electron chi connectivity index (χ2n) is 12.3. The summed E-state index contributed by atoms with van der Waals surface area (Å²) < 4.78 is 61.8. The number of carbonyl (C=O) groups is 4. The number of anilines is 1. The van der Waals surface area contributed by atoms with Crippen molar-refractivity contribution in [3.63, 3.8) is 0 Å². The van der Waals surface area contributed by atoms with Gasteiger partial charge in [-0.25, -0.2) is 28.6 Å². The van der Waals surface area contributed by atoms with Gasteiger partial charge >= 0.3 is 23.5 Å². The number of nitrogens with zero attached hydrogens (tertiary/aromatic N) is 4. The third-order valence-electron chi connectivity index (χ3n) is 7.43. The van der Waals surface area contributed by atoms with E-state index in [1.807, 2.05) is 0 Å². The fraction of sp³-hybridized carbons (Fsp3) is 0.640. The molecule has 56 heavy (non-hydrogen) atoms. The lowest BCUT2D eigenvalue weighted by atomic mass is 9.87. The zero-order valence-corrected chi connectivity index (χ0v) is 32.7. The number of fused-ring (bicyclic) bond motifs is 1. The van der Waals surface area contributed by atoms with E-state index in [0.717, 1.165) is 17.2 Å². The normalized spacial score (nSPS) is 22.2. The molecule has 8 atom stereocenters. The first kappa shape index (κ1) is 47.5. The van der Waals surface area contributed by atoms with Crippen molar-refractivity contribution in [2.75, 3.05) is 44.4 Å². The van der Waals surface area contributed by atoms with Crippen LogP contribution in [0.1, 0.15) is 26.5 Å². The molecule has 2 aromatic heterocycles. The van der Waals surface area contributed by atoms with Gasteiger partial charge in [-0.15, -0.1) is 0 Å². The van der Waals surface area contributed by atoms with Gasteiger partial charge in [0.2, 0.25) is 16.9 Å². The fourth-order valence-corrected chi connectivity index (χ4v) is 8.10. The Labute approximate surface area is 319 Å². The number of carbonyl (C=O) groups excluding carboxylic acids is 4. The molecule has 3 rings (SSSR count). The minimum Gasteiger partial charge on any atom is -0.388 e. The van der Waals surface area contributed by atoms with Crippen LogP contribution in [0.5, 0.6) is 0 Å². The van der Waals surface area contributed by atoms with Crippen LogP contribution in [0.2, 0.25) is 0 Å². The van der Waals surface area contributed by atoms with Gasteiger partial charge < -0.3 is 61.1 Å². The predicted molar refractivity (Wildman–Crippen MR) is 185 cm³/mol. The molecule has 1 aliphatic heterocycles. The Balaban J connectivity index is 1.49. The number of aromatic nitrogens is 4. The number of hydrogen-bond donors (Lipinski definition) is 11. The van der Waals surface area contributed by atoms with E-state index in [1.165, 1.54) is 13.8 Å². The maximum atomic E-state index is 12.6. The molecular weight excluding hydrogens is 843 g/mol. The second-order valence-corrected chi connectivity index (χ2v) is 17.6. The van der Waals surface area contributed by atoms with Crippen molar-refractivity contribution < 1.29 is 95.5 Å². The van der Waals surface area contributed by atoms with Crippen molar-refractivity contribution in [2.45, 2.75) is 57.0 Å². The van der Waals surface area contributed by atoms with Crippen LogP contribution in [0.3, 0.4) is 0 Å². The van der Waals surface area contributed by atoms with Crippen LogP contribution >= 0.6 is 35.2 Å². The molecule has 1 fully saturated rings. The molecule has 0 radical (unpaired) electrons. The maximum absolute atomic E-state index is 12.6. The van der Waals surface area contributed by atoms with E-state index in [-0.39, 0.29) is 42.2 Å². The number of aliphatic hydroxyl groups is 4. The third kappa shape index (κ3) is 13.6. The van der Waals surface area contributed by atoms with Gasteiger partial charge in [-0.2, -0.15) is 4.31 Å². The SMILES string of the molecule is CC(C)(COP(=O)(O)OP(=O)(O)OC[C@H]1O[C@@H](n2cnc3c(N)ncnc32)[C@H](O)[C@@H]1OP(=O)(O)O)C(O)C(=O)NCCC(=O)NCCSC(=O)C(O)C(=O)CO. The summed E-state index contributed by atoms with van der Waals surface area (Å²) in [7, 11) is -16.5. The molecular formula is C25H40N7O20P3S. The van der Waals surface area contributed by atoms with Gasteiger partial charge in [-0.05, 0) is 0 Å². The highest BCUT2D eigenvalue weighted by molar-refractivity contribution is 8.13. The van der Waals surface area contributed by atoms with E-state index in [0.29, 0.717) is 11.8 Å². The minimum atomic E-state index is -5.60. The zero-order valence-electron chi connectivity index (χ0n) is 29.2. The third-order valence-corrected chi connectivity index (χ3v) is 11.4. The molecule has 2 amide bonds. The van der Waals surface area contributed by atoms with E-state index >= 15 is 0 Å². The van der Waals surface area contributed by atoms with Crippen LogP contribution < -0.4 is 16.4 Å². The van der Waals surface area contributed by atoms with E-state index in [9.17, 15) is 67.8 Å². The van der Waals surface area contributed by atoms with Gasteiger partial charge in [0.25, 0.3) is 0 Å². The number of ether oxygens (including phenoxy) is 1. The molecule has 4 unspecified atom stereocenters. The highest BCUT2D eigenvalue weighted by Gasteiger charge is 2.50. The Morgan fingerprint density at radius 1 is 1.04 bits per heavy atom. The number of nitrogen functional groups attached to an aromatic ring is 1. The van der Waals surface area contributed by atoms with Crippen molar-refractivity contribution in [3.8, 4) is 0 Å². The number of nitrogens with two attached hydrogens (primary N) is 1. The van der Waals surface area contributed by atoms with Gasteiger partial charge in [-0.3, -0.25) is 37.3 Å². The number of Topliss-reactive ketones (excluding diaryl/α,β-unsaturated/α-hetero) is 1. The van der Waals surface area contributed by atoms with E-state index in [2.05, 4.69) is 34.4 Å². The van der Waals surface area contributed by atoms with Gasteiger partial charge in [0.15, 0.2) is 29.6 Å². The lowest BCUT2D eigenvalue weighted by Gasteiger charge is -2.30. The van der Waals surface area contributed by atoms with Crippen LogP contribution in [-0.2, 0) is 55.5 Å². The number of phosphoric ester groups is 3. The molecule has 316 valence electrons. The average molecular weight is 884 g/mol. The fourth-order valence-electron chi connectivity index (χ4n) is 4.58. The molecule has 0 bridgehead atoms. The summed E-state index contributed by atoms with van der Waals surface area (Å²) in [5, 5.41) is 43.2. The largest absolute Gasteiger partial charge is 0.481 e. The highest BCUT2D eigenvalue weighted by atomic mass is 32.2. The molecule has 0 spiro atoms. The number of phosphoric acid groups is 3. The standard InChI is InChI=1S/C25H40N7O20P3S/c1-25(2,19(38)22(39)28-4-3-14(35)27-5-6-56-24(40)16(36)12(34)7-33)9-49-55(46,47)52-54(44,45)48-8-13-18(51-53(41,42)43)17(37)23(50-13)32-11-31-15-20(26)29-10-30-21(15)32/h10-11,13,16-19,23,33,36-38H,3-9H2,1-2H3,(H,27,35)(H,28,39)(H,44,45)(H,46,47)(H2,26,29,30)(H2,41,42,43)/t13-,16?,17-,18-,19?,23-/m1/s1. The summed E-state index contributed by atoms with van der Waals surface area (Å²) in [4.78, 5) is 98.0. The number of thioether (sulfide) groups is 1. The van der Waals surface area contributed by atoms with E-state index in [1.54, 1.807) is 0 Å². The van der Waals surface area contributed by atoms with Crippen LogP contribution in [0.25, 0.3) is 11.2 Å². The predicted octanol–water partition coefficient (Wildman–Crippen LogP) is -3.41. The first-order chi connectivity index (χ1) is 25.9. The lowest BCUT2D eigenvalue weighted by Crippen LogP contribution is -2.46. The number of aliphatic hydroxyl groups excluding tert-OH is 4. The van der Waals surface area contributed by atoms with Gasteiger partial charge in [0.05, 0.1) is 19.5 Å². The monoisotopic (exact) mass is 883 g/mol. The average Bonchev–Trinajstić information content (AvgIpc) is 3.67. The summed E-state index contributed by atoms with van der Waals surface area (Å²) in [6.07, 6.45) is -9.23. The van der Waals surface area contributed by atoms with E-state index < -0.39 is 108 Å². The molecule has 31 heteroatoms. The number of imidazole rings is 1. The summed E-state index contributed by atoms with van der Waals surface area (Å²) in [5.41, 5.74) is 4.16. The molecule has 1 saturated heterocycles. The number of hydrogen-bond acceptors (Lipinski definition) is 21. The maximum Gasteiger partial charge on any atom is 0.481 e. The molecule has 12 N–H and O–H groups in total. The van der Waals surface area contributed by atoms with E-state index in [4.69, 9.17) is 24.6 Å². The van der Waals surface area contributed by atoms with Gasteiger partial charge in [0, 0.05) is 30.7 Å². The Morgan fingerprint density at radius 2 is 1.70 bits per heavy atom. The molecule has 0 saturated carbocycles. The van der Waals surface area contributed by atoms with Crippen molar-refractivity contribution in [1.29, 1.82) is 0 Å². The topological polar surface area (TPSA) is 421 Å². The Kier molecular flexibility index (Phi) is 16.7. The van der Waals surface area contributed by atoms with Gasteiger partial charge in [0.1, 0.15) is 42.9 Å². The van der Waals surface area contributed by atoms with Crippen molar-refractivity contribution >= 4 is 74.9 Å². The van der Waals surface area contributed by atoms with Crippen molar-refractivity contribution in [2.24, 2.45) is 5.41 Å². The van der Waals surface area contributed by atoms with Crippen LogP contribution in [0, 0.1) is 5.41 Å². The Hall–Kier alpha value is -2.85. The molecule has 3 heterocycles. The van der Waals surface area contributed by atoms with Crippen molar-refractivity contribution in [3.05, 3.63) is 12.7 Å². The van der Waals surface area contributed by atoms with Crippen LogP contribution in [-0.4, -0.2) is 151 Å². The first-order valence-corrected chi connectivity index (χ1v) is 21.3. The molecule has 2 aromatic rings. The van der Waals surface area contributed by atoms with Crippen molar-refractivity contribution in [1.82, 2.24) is 30.2 Å². The van der Waals surface area contributed by atoms with Crippen LogP contribution in [0.15, 0.2) is 12.7 Å². The Bertz CT molecular complexity index is 1880. The quantitative estimate of drug-likeness (QED) is 0.0312. The summed E-state index contributed by atoms with van der Waals surface area (Å²) in [5.74, 6) is -2.81. The molecule has 27 nitrogen and oxygen atoms in total. The molecule has 0 aliphatic carbocycles. The lowest BCUT2D eigenvalue weighted by molar-refractivity contribution is -0.137. The number of amides is 2. The Morgan fingerprint density at radius 3 is 2.34 bits per heavy atom. The smallest absolute Gasteiger partial charge is 0.388 e. The van der Waals surface area contributed by atoms with Crippen LogP contribution in [0.4, 0.5) is 5.82 Å². The molecule has 1 aliphatic rings. The summed E-state index contributed by atoms with van der Waals surface area (Å²) in [6.45, 7) is -1.07. The molecule has 0 aromatic carbocycles. The summed E-state index contributed by atoms with van der Waals surface area (Å²) in [6, 6.07) is 0. The first-order valence-electron chi connectivity index (χ1n) is 15.7. The number of nitrogens with one attached hydrogen (secondary N) is 2. The zero-order chi connectivity index (χ0) is 42.2. The highest BCUT2D eigenvalue weighted by Crippen LogP contribution is 2.61. The summed E-state index contributed by atoms with van der Waals surface area (Å²) >= 11 is 0.540. The van der Waals surface area contributed by atoms with Gasteiger partial charge in [-0.1, -0.05) is 25.6 Å². The number of rotatable bonds is 22.